The second-order valence-electron chi connectivity index (χ2n) is 5.60. The summed E-state index contributed by atoms with van der Waals surface area (Å²) in [6.45, 7) is 3.01. The standard InChI is InChI=1S/C15H19NO/c1-15(9-4-5-10-15)14(17)16-11-8-12-6-2-3-7-13(12)16/h2-3,6-7H,4-5,8-11H2,1H3. The summed E-state index contributed by atoms with van der Waals surface area (Å²) in [5.41, 5.74) is 2.37. The number of para-hydroxylation sites is 1. The van der Waals surface area contributed by atoms with Crippen LogP contribution in [-0.4, -0.2) is 12.5 Å². The zero-order valence-corrected chi connectivity index (χ0v) is 10.4. The molecule has 1 heterocycles. The van der Waals surface area contributed by atoms with Crippen molar-refractivity contribution in [2.45, 2.75) is 39.0 Å². The van der Waals surface area contributed by atoms with Gasteiger partial charge in [0.15, 0.2) is 0 Å². The largest absolute Gasteiger partial charge is 0.311 e. The van der Waals surface area contributed by atoms with E-state index in [9.17, 15) is 4.79 Å². The summed E-state index contributed by atoms with van der Waals surface area (Å²) in [4.78, 5) is 14.7. The zero-order chi connectivity index (χ0) is 11.9. The van der Waals surface area contributed by atoms with Gasteiger partial charge in [0.2, 0.25) is 5.91 Å². The molecule has 17 heavy (non-hydrogen) atoms. The number of carbonyl (C=O) groups excluding carboxylic acids is 1. The molecular formula is C15H19NO. The lowest BCUT2D eigenvalue weighted by atomic mass is 9.87. The smallest absolute Gasteiger partial charge is 0.232 e. The van der Waals surface area contributed by atoms with Gasteiger partial charge in [0.05, 0.1) is 0 Å². The fourth-order valence-corrected chi connectivity index (χ4v) is 3.24. The van der Waals surface area contributed by atoms with E-state index in [4.69, 9.17) is 0 Å². The minimum absolute atomic E-state index is 0.0998. The number of anilines is 1. The van der Waals surface area contributed by atoms with Crippen LogP contribution in [0.4, 0.5) is 5.69 Å². The molecule has 2 nitrogen and oxygen atoms in total. The maximum atomic E-state index is 12.7. The fraction of sp³-hybridized carbons (Fsp3) is 0.533. The van der Waals surface area contributed by atoms with Gasteiger partial charge >= 0.3 is 0 Å². The second kappa shape index (κ2) is 3.86. The first-order chi connectivity index (χ1) is 8.21. The Kier molecular flexibility index (Phi) is 2.46. The van der Waals surface area contributed by atoms with Crippen LogP contribution in [0.1, 0.15) is 38.2 Å². The first kappa shape index (κ1) is 10.8. The Morgan fingerprint density at radius 1 is 1.24 bits per heavy atom. The number of benzene rings is 1. The van der Waals surface area contributed by atoms with Gasteiger partial charge in [0.25, 0.3) is 0 Å². The predicted octanol–water partition coefficient (Wildman–Crippen LogP) is 3.16. The van der Waals surface area contributed by atoms with Gasteiger partial charge in [0.1, 0.15) is 0 Å². The summed E-state index contributed by atoms with van der Waals surface area (Å²) < 4.78 is 0. The number of fused-ring (bicyclic) bond motifs is 1. The summed E-state index contributed by atoms with van der Waals surface area (Å²) >= 11 is 0. The summed E-state index contributed by atoms with van der Waals surface area (Å²) in [5, 5.41) is 0. The molecule has 0 bridgehead atoms. The molecule has 1 amide bonds. The Bertz CT molecular complexity index is 446. The van der Waals surface area contributed by atoms with Gasteiger partial charge in [0, 0.05) is 17.6 Å². The molecule has 1 aliphatic heterocycles. The number of amides is 1. The SMILES string of the molecule is CC1(C(=O)N2CCc3ccccc32)CCCC1. The van der Waals surface area contributed by atoms with Crippen molar-refractivity contribution in [1.29, 1.82) is 0 Å². The van der Waals surface area contributed by atoms with Crippen molar-refractivity contribution in [2.24, 2.45) is 5.41 Å². The van der Waals surface area contributed by atoms with Gasteiger partial charge < -0.3 is 4.90 Å². The van der Waals surface area contributed by atoms with Gasteiger partial charge in [-0.3, -0.25) is 4.79 Å². The van der Waals surface area contributed by atoms with Crippen molar-refractivity contribution in [3.8, 4) is 0 Å². The third kappa shape index (κ3) is 1.67. The van der Waals surface area contributed by atoms with E-state index in [2.05, 4.69) is 25.1 Å². The van der Waals surface area contributed by atoms with Crippen molar-refractivity contribution in [3.63, 3.8) is 0 Å². The normalized spacial score (nSPS) is 21.6. The molecule has 90 valence electrons. The van der Waals surface area contributed by atoms with Gasteiger partial charge in [-0.05, 0) is 30.9 Å². The highest BCUT2D eigenvalue weighted by Gasteiger charge is 2.40. The topological polar surface area (TPSA) is 20.3 Å². The van der Waals surface area contributed by atoms with E-state index in [1.165, 1.54) is 18.4 Å². The molecule has 1 fully saturated rings. The van der Waals surface area contributed by atoms with E-state index in [0.29, 0.717) is 5.91 Å². The molecule has 3 rings (SSSR count). The highest BCUT2D eigenvalue weighted by atomic mass is 16.2. The van der Waals surface area contributed by atoms with Crippen LogP contribution in [0.2, 0.25) is 0 Å². The second-order valence-corrected chi connectivity index (χ2v) is 5.60. The van der Waals surface area contributed by atoms with E-state index in [1.807, 2.05) is 11.0 Å². The number of nitrogens with zero attached hydrogens (tertiary/aromatic N) is 1. The van der Waals surface area contributed by atoms with Gasteiger partial charge in [-0.2, -0.15) is 0 Å². The Labute approximate surface area is 103 Å². The number of rotatable bonds is 1. The molecule has 0 saturated heterocycles. The molecule has 0 atom stereocenters. The monoisotopic (exact) mass is 229 g/mol. The molecule has 2 heteroatoms. The molecule has 1 saturated carbocycles. The maximum absolute atomic E-state index is 12.7. The minimum atomic E-state index is -0.0998. The number of carbonyl (C=O) groups is 1. The van der Waals surface area contributed by atoms with E-state index in [0.717, 1.165) is 31.5 Å². The molecule has 1 aliphatic carbocycles. The average molecular weight is 229 g/mol. The molecule has 0 spiro atoms. The molecular weight excluding hydrogens is 210 g/mol. The van der Waals surface area contributed by atoms with Gasteiger partial charge in [-0.15, -0.1) is 0 Å². The third-order valence-electron chi connectivity index (χ3n) is 4.36. The molecule has 1 aromatic rings. The van der Waals surface area contributed by atoms with E-state index >= 15 is 0 Å². The number of hydrogen-bond donors (Lipinski definition) is 0. The lowest BCUT2D eigenvalue weighted by Gasteiger charge is -2.29. The highest BCUT2D eigenvalue weighted by Crippen LogP contribution is 2.41. The molecule has 1 aromatic carbocycles. The summed E-state index contributed by atoms with van der Waals surface area (Å²) in [6.07, 6.45) is 5.54. The van der Waals surface area contributed by atoms with Crippen molar-refractivity contribution in [1.82, 2.24) is 0 Å². The van der Waals surface area contributed by atoms with Crippen LogP contribution >= 0.6 is 0 Å². The zero-order valence-electron chi connectivity index (χ0n) is 10.4. The average Bonchev–Trinajstić information content (AvgIpc) is 2.95. The summed E-state index contributed by atoms with van der Waals surface area (Å²) in [6, 6.07) is 8.31. The van der Waals surface area contributed by atoms with Crippen LogP contribution in [0.25, 0.3) is 0 Å². The fourth-order valence-electron chi connectivity index (χ4n) is 3.24. The Hall–Kier alpha value is -1.31. The van der Waals surface area contributed by atoms with Crippen LogP contribution in [0.3, 0.4) is 0 Å². The van der Waals surface area contributed by atoms with E-state index in [1.54, 1.807) is 0 Å². The minimum Gasteiger partial charge on any atom is -0.311 e. The third-order valence-corrected chi connectivity index (χ3v) is 4.36. The summed E-state index contributed by atoms with van der Waals surface area (Å²) in [7, 11) is 0. The molecule has 0 unspecified atom stereocenters. The first-order valence-electron chi connectivity index (χ1n) is 6.61. The molecule has 0 aromatic heterocycles. The lowest BCUT2D eigenvalue weighted by Crippen LogP contribution is -2.40. The highest BCUT2D eigenvalue weighted by molar-refractivity contribution is 5.99. The molecule has 0 radical (unpaired) electrons. The Balaban J connectivity index is 1.89. The lowest BCUT2D eigenvalue weighted by molar-refractivity contribution is -0.127. The first-order valence-corrected chi connectivity index (χ1v) is 6.61. The Morgan fingerprint density at radius 2 is 1.94 bits per heavy atom. The van der Waals surface area contributed by atoms with E-state index < -0.39 is 0 Å². The van der Waals surface area contributed by atoms with Crippen LogP contribution in [0.5, 0.6) is 0 Å². The van der Waals surface area contributed by atoms with Crippen LogP contribution in [0, 0.1) is 5.41 Å². The molecule has 2 aliphatic rings. The van der Waals surface area contributed by atoms with Crippen molar-refractivity contribution in [3.05, 3.63) is 29.8 Å². The van der Waals surface area contributed by atoms with Crippen LogP contribution in [-0.2, 0) is 11.2 Å². The van der Waals surface area contributed by atoms with Crippen molar-refractivity contribution < 1.29 is 4.79 Å². The Morgan fingerprint density at radius 3 is 2.71 bits per heavy atom. The van der Waals surface area contributed by atoms with Crippen molar-refractivity contribution in [2.75, 3.05) is 11.4 Å². The van der Waals surface area contributed by atoms with Gasteiger partial charge in [-0.25, -0.2) is 0 Å². The number of hydrogen-bond acceptors (Lipinski definition) is 1. The van der Waals surface area contributed by atoms with Gasteiger partial charge in [-0.1, -0.05) is 38.0 Å². The quantitative estimate of drug-likeness (QED) is 0.724. The van der Waals surface area contributed by atoms with Crippen LogP contribution < -0.4 is 4.90 Å². The van der Waals surface area contributed by atoms with Crippen molar-refractivity contribution >= 4 is 11.6 Å². The maximum Gasteiger partial charge on any atom is 0.232 e. The predicted molar refractivity (Wildman–Crippen MR) is 69.1 cm³/mol. The summed E-state index contributed by atoms with van der Waals surface area (Å²) in [5.74, 6) is 0.347. The van der Waals surface area contributed by atoms with Crippen LogP contribution in [0.15, 0.2) is 24.3 Å². The van der Waals surface area contributed by atoms with E-state index in [-0.39, 0.29) is 5.41 Å². The molecule has 0 N–H and O–H groups in total.